The summed E-state index contributed by atoms with van der Waals surface area (Å²) in [4.78, 5) is 13.1. The monoisotopic (exact) mass is 533 g/mol. The molecular formula is C27H42F3NO4S. The summed E-state index contributed by atoms with van der Waals surface area (Å²) in [5, 5.41) is 0. The van der Waals surface area contributed by atoms with Gasteiger partial charge in [-0.3, -0.25) is 4.79 Å². The first-order valence-electron chi connectivity index (χ1n) is 13.3. The minimum atomic E-state index is -4.88. The number of carbonyl (C=O) groups is 1. The molecule has 9 heteroatoms. The molecule has 0 aliphatic carbocycles. The molecule has 5 nitrogen and oxygen atoms in total. The molecule has 0 spiro atoms. The van der Waals surface area contributed by atoms with Crippen LogP contribution in [0.5, 0.6) is 5.75 Å². The number of halogens is 3. The Labute approximate surface area is 214 Å². The van der Waals surface area contributed by atoms with Crippen molar-refractivity contribution >= 4 is 15.7 Å². The summed E-state index contributed by atoms with van der Waals surface area (Å²) in [6.07, 6.45) is 6.00. The molecule has 1 atom stereocenters. The lowest BCUT2D eigenvalue weighted by molar-refractivity contribution is -0.188. The summed E-state index contributed by atoms with van der Waals surface area (Å²) in [5.74, 6) is -0.525. The number of amides is 1. The second-order valence-electron chi connectivity index (χ2n) is 9.80. The van der Waals surface area contributed by atoms with Gasteiger partial charge in [0, 0.05) is 6.54 Å². The highest BCUT2D eigenvalue weighted by Crippen LogP contribution is 2.37. The van der Waals surface area contributed by atoms with Crippen LogP contribution in [0.4, 0.5) is 13.2 Å². The molecule has 0 bridgehead atoms. The summed E-state index contributed by atoms with van der Waals surface area (Å²) in [7, 11) is -1.37. The van der Waals surface area contributed by atoms with Gasteiger partial charge in [0.1, 0.15) is 15.6 Å². The van der Waals surface area contributed by atoms with Crippen LogP contribution in [-0.4, -0.2) is 50.6 Å². The number of benzene rings is 1. The van der Waals surface area contributed by atoms with E-state index >= 15 is 0 Å². The van der Waals surface area contributed by atoms with Gasteiger partial charge in [-0.1, -0.05) is 70.8 Å². The number of nitrogens with zero attached hydrogens (tertiary/aromatic N) is 1. The minimum absolute atomic E-state index is 0.0531. The Balaban J connectivity index is 1.74. The summed E-state index contributed by atoms with van der Waals surface area (Å²) in [5.41, 5.74) is 1.72. The molecular weight excluding hydrogens is 491 g/mol. The second-order valence-corrected chi connectivity index (χ2v) is 12.1. The molecule has 0 radical (unpaired) electrons. The van der Waals surface area contributed by atoms with Gasteiger partial charge in [0.15, 0.2) is 0 Å². The fourth-order valence-electron chi connectivity index (χ4n) is 4.93. The second kappa shape index (κ2) is 14.8. The van der Waals surface area contributed by atoms with E-state index < -0.39 is 28.0 Å². The number of fused-ring (bicyclic) bond motifs is 1. The molecule has 1 aromatic rings. The maximum atomic E-state index is 13.2. The number of sulfone groups is 1. The van der Waals surface area contributed by atoms with Crippen LogP contribution in [0.2, 0.25) is 0 Å². The van der Waals surface area contributed by atoms with E-state index in [2.05, 4.69) is 6.92 Å². The Bertz CT molecular complexity index is 918. The summed E-state index contributed by atoms with van der Waals surface area (Å²) < 4.78 is 68.8. The topological polar surface area (TPSA) is 63.7 Å². The molecule has 0 saturated carbocycles. The van der Waals surface area contributed by atoms with Gasteiger partial charge >= 0.3 is 12.1 Å². The van der Waals surface area contributed by atoms with Crippen molar-refractivity contribution < 1.29 is 31.1 Å². The average molecular weight is 534 g/mol. The molecule has 0 N–H and O–H groups in total. The molecule has 36 heavy (non-hydrogen) atoms. The fraction of sp³-hybridized carbons (Fsp3) is 0.741. The lowest BCUT2D eigenvalue weighted by Crippen LogP contribution is -2.46. The zero-order valence-electron chi connectivity index (χ0n) is 21.7. The van der Waals surface area contributed by atoms with Crippen LogP contribution in [0.15, 0.2) is 18.2 Å². The molecule has 1 amide bonds. The van der Waals surface area contributed by atoms with Crippen molar-refractivity contribution in [1.29, 1.82) is 0 Å². The normalized spacial score (nSPS) is 16.1. The Morgan fingerprint density at radius 2 is 1.56 bits per heavy atom. The molecule has 1 unspecified atom stereocenters. The number of hydrogen-bond acceptors (Lipinski definition) is 4. The largest absolute Gasteiger partial charge is 0.497 e. The van der Waals surface area contributed by atoms with Crippen LogP contribution in [-0.2, 0) is 21.1 Å². The van der Waals surface area contributed by atoms with Crippen LogP contribution in [0.1, 0.15) is 101 Å². The Morgan fingerprint density at radius 3 is 2.14 bits per heavy atom. The van der Waals surface area contributed by atoms with Crippen molar-refractivity contribution in [3.63, 3.8) is 0 Å². The van der Waals surface area contributed by atoms with Gasteiger partial charge < -0.3 is 9.64 Å². The molecule has 0 fully saturated rings. The van der Waals surface area contributed by atoms with Gasteiger partial charge in [0.05, 0.1) is 24.7 Å². The number of carbonyl (C=O) groups excluding carboxylic acids is 1. The number of methoxy groups -OCH3 is 1. The van der Waals surface area contributed by atoms with Gasteiger partial charge in [-0.05, 0) is 48.9 Å². The minimum Gasteiger partial charge on any atom is -0.497 e. The number of rotatable bonds is 16. The van der Waals surface area contributed by atoms with Crippen molar-refractivity contribution in [3.05, 3.63) is 29.3 Å². The smallest absolute Gasteiger partial charge is 0.471 e. The van der Waals surface area contributed by atoms with Gasteiger partial charge in [-0.25, -0.2) is 8.42 Å². The van der Waals surface area contributed by atoms with E-state index in [0.29, 0.717) is 30.8 Å². The molecule has 0 saturated heterocycles. The van der Waals surface area contributed by atoms with Crippen molar-refractivity contribution in [2.45, 2.75) is 103 Å². The third-order valence-corrected chi connectivity index (χ3v) is 8.77. The van der Waals surface area contributed by atoms with Gasteiger partial charge in [0.2, 0.25) is 0 Å². The number of ether oxygens (including phenoxy) is 1. The first kappa shape index (κ1) is 30.5. The van der Waals surface area contributed by atoms with Gasteiger partial charge in [-0.2, -0.15) is 13.2 Å². The molecule has 206 valence electrons. The first-order chi connectivity index (χ1) is 17.1. The average Bonchev–Trinajstić information content (AvgIpc) is 2.83. The highest BCUT2D eigenvalue weighted by Gasteiger charge is 2.46. The van der Waals surface area contributed by atoms with Gasteiger partial charge in [0.25, 0.3) is 0 Å². The van der Waals surface area contributed by atoms with E-state index in [4.69, 9.17) is 4.74 Å². The highest BCUT2D eigenvalue weighted by molar-refractivity contribution is 7.91. The molecule has 0 aromatic heterocycles. The van der Waals surface area contributed by atoms with Crippen LogP contribution in [0, 0.1) is 0 Å². The van der Waals surface area contributed by atoms with E-state index in [1.165, 1.54) is 0 Å². The summed E-state index contributed by atoms with van der Waals surface area (Å²) in [6, 6.07) is 4.81. The molecule has 1 aliphatic heterocycles. The van der Waals surface area contributed by atoms with Gasteiger partial charge in [-0.15, -0.1) is 0 Å². The van der Waals surface area contributed by atoms with Crippen molar-refractivity contribution in [2.75, 3.05) is 25.2 Å². The number of hydrogen-bond donors (Lipinski definition) is 0. The maximum absolute atomic E-state index is 13.2. The van der Waals surface area contributed by atoms with Crippen molar-refractivity contribution in [2.24, 2.45) is 0 Å². The van der Waals surface area contributed by atoms with Crippen molar-refractivity contribution in [3.8, 4) is 5.75 Å². The highest BCUT2D eigenvalue weighted by atomic mass is 32.2. The molecule has 2 rings (SSSR count). The number of alkyl halides is 3. The van der Waals surface area contributed by atoms with E-state index in [-0.39, 0.29) is 12.3 Å². The van der Waals surface area contributed by atoms with Crippen molar-refractivity contribution in [1.82, 2.24) is 4.90 Å². The first-order valence-corrected chi connectivity index (χ1v) is 15.2. The molecule has 1 heterocycles. The molecule has 1 aliphatic rings. The standard InChI is InChI=1S/C27H42F3NO4S/c1-3-4-12-19-36(33,34)20-13-10-8-6-5-7-9-11-14-25-24-16-15-23(35-2)21-22(24)17-18-31(25)26(32)27(28,29)30/h15-16,21,25H,3-14,17-20H2,1-2H3. The molecule has 1 aromatic carbocycles. The Hall–Kier alpha value is -1.77. The third kappa shape index (κ3) is 9.94. The summed E-state index contributed by atoms with van der Waals surface area (Å²) >= 11 is 0. The fourth-order valence-corrected chi connectivity index (χ4v) is 6.42. The Kier molecular flexibility index (Phi) is 12.6. The lowest BCUT2D eigenvalue weighted by atomic mass is 9.89. The maximum Gasteiger partial charge on any atom is 0.471 e. The quantitative estimate of drug-likeness (QED) is 0.219. The van der Waals surface area contributed by atoms with Crippen LogP contribution < -0.4 is 4.74 Å². The number of unbranched alkanes of at least 4 members (excludes halogenated alkanes) is 9. The third-order valence-electron chi connectivity index (χ3n) is 6.95. The van der Waals surface area contributed by atoms with E-state index in [9.17, 15) is 26.4 Å². The zero-order valence-corrected chi connectivity index (χ0v) is 22.6. The van der Waals surface area contributed by atoms with E-state index in [1.807, 2.05) is 6.07 Å². The SMILES string of the molecule is CCCCCS(=O)(=O)CCCCCCCCCCC1c2ccc(OC)cc2CCN1C(=O)C(F)(F)F. The Morgan fingerprint density at radius 1 is 0.972 bits per heavy atom. The van der Waals surface area contributed by atoms with Crippen LogP contribution >= 0.6 is 0 Å². The van der Waals surface area contributed by atoms with Crippen LogP contribution in [0.25, 0.3) is 0 Å². The predicted molar refractivity (Wildman–Crippen MR) is 137 cm³/mol. The van der Waals surface area contributed by atoms with Crippen LogP contribution in [0.3, 0.4) is 0 Å². The zero-order chi connectivity index (χ0) is 26.6. The van der Waals surface area contributed by atoms with E-state index in [0.717, 1.165) is 80.2 Å². The lowest BCUT2D eigenvalue weighted by Gasteiger charge is -2.38. The summed E-state index contributed by atoms with van der Waals surface area (Å²) in [6.45, 7) is 2.11. The van der Waals surface area contributed by atoms with E-state index in [1.54, 1.807) is 19.2 Å². The predicted octanol–water partition coefficient (Wildman–Crippen LogP) is 6.80.